The van der Waals surface area contributed by atoms with Gasteiger partial charge in [0.25, 0.3) is 0 Å². The van der Waals surface area contributed by atoms with Crippen LogP contribution in [-0.2, 0) is 6.42 Å². The molecule has 1 saturated heterocycles. The number of benzene rings is 1. The highest BCUT2D eigenvalue weighted by atomic mass is 16.3. The zero-order valence-electron chi connectivity index (χ0n) is 10.3. The van der Waals surface area contributed by atoms with Crippen LogP contribution in [0.2, 0.25) is 0 Å². The average Bonchev–Trinajstić information content (AvgIpc) is 2.66. The van der Waals surface area contributed by atoms with Gasteiger partial charge in [-0.2, -0.15) is 0 Å². The third kappa shape index (κ3) is 3.80. The number of hydrogen-bond acceptors (Lipinski definition) is 3. The van der Waals surface area contributed by atoms with E-state index >= 15 is 0 Å². The Balaban J connectivity index is 1.95. The van der Waals surface area contributed by atoms with Crippen LogP contribution in [0.5, 0.6) is 0 Å². The van der Waals surface area contributed by atoms with Crippen molar-refractivity contribution in [1.29, 1.82) is 0 Å². The molecular formula is C14H22N2O. The zero-order chi connectivity index (χ0) is 11.9. The van der Waals surface area contributed by atoms with Gasteiger partial charge in [-0.1, -0.05) is 30.3 Å². The maximum absolute atomic E-state index is 9.57. The van der Waals surface area contributed by atoms with Gasteiger partial charge in [0.05, 0.1) is 6.61 Å². The lowest BCUT2D eigenvalue weighted by Crippen LogP contribution is -2.41. The molecule has 3 heteroatoms. The van der Waals surface area contributed by atoms with Gasteiger partial charge in [-0.3, -0.25) is 4.90 Å². The minimum Gasteiger partial charge on any atom is -0.395 e. The van der Waals surface area contributed by atoms with E-state index in [1.165, 1.54) is 12.0 Å². The molecule has 1 fully saturated rings. The molecule has 1 heterocycles. The summed E-state index contributed by atoms with van der Waals surface area (Å²) in [6.07, 6.45) is 2.11. The van der Waals surface area contributed by atoms with Crippen molar-refractivity contribution < 1.29 is 5.11 Å². The number of aliphatic hydroxyl groups is 1. The highest BCUT2D eigenvalue weighted by Crippen LogP contribution is 2.10. The second-order valence-corrected chi connectivity index (χ2v) is 4.67. The molecule has 0 spiro atoms. The van der Waals surface area contributed by atoms with Gasteiger partial charge in [-0.25, -0.2) is 0 Å². The van der Waals surface area contributed by atoms with Gasteiger partial charge in [0.15, 0.2) is 0 Å². The molecule has 17 heavy (non-hydrogen) atoms. The third-order valence-electron chi connectivity index (χ3n) is 3.42. The molecule has 0 radical (unpaired) electrons. The van der Waals surface area contributed by atoms with E-state index in [0.29, 0.717) is 0 Å². The number of rotatable bonds is 4. The Hall–Kier alpha value is -0.900. The maximum Gasteiger partial charge on any atom is 0.0590 e. The van der Waals surface area contributed by atoms with Gasteiger partial charge in [0.2, 0.25) is 0 Å². The highest BCUT2D eigenvalue weighted by molar-refractivity contribution is 5.16. The lowest BCUT2D eigenvalue weighted by Gasteiger charge is -2.29. The summed E-state index contributed by atoms with van der Waals surface area (Å²) < 4.78 is 0. The molecule has 0 amide bonds. The Kier molecular flexibility index (Phi) is 4.98. The molecule has 1 aliphatic heterocycles. The predicted octanol–water partition coefficient (Wildman–Crippen LogP) is 0.885. The molecule has 1 unspecified atom stereocenters. The zero-order valence-corrected chi connectivity index (χ0v) is 10.3. The van der Waals surface area contributed by atoms with Gasteiger partial charge in [-0.15, -0.1) is 0 Å². The van der Waals surface area contributed by atoms with E-state index in [2.05, 4.69) is 34.5 Å². The molecule has 2 rings (SSSR count). The highest BCUT2D eigenvalue weighted by Gasteiger charge is 2.18. The van der Waals surface area contributed by atoms with Gasteiger partial charge in [-0.05, 0) is 31.5 Å². The van der Waals surface area contributed by atoms with E-state index in [1.807, 2.05) is 6.07 Å². The van der Waals surface area contributed by atoms with E-state index in [0.717, 1.165) is 32.6 Å². The number of aliphatic hydroxyl groups excluding tert-OH is 1. The van der Waals surface area contributed by atoms with Crippen LogP contribution in [0.3, 0.4) is 0 Å². The summed E-state index contributed by atoms with van der Waals surface area (Å²) >= 11 is 0. The molecular weight excluding hydrogens is 212 g/mol. The summed E-state index contributed by atoms with van der Waals surface area (Å²) in [7, 11) is 0. The van der Waals surface area contributed by atoms with Crippen molar-refractivity contribution in [2.75, 3.05) is 32.8 Å². The van der Waals surface area contributed by atoms with Crippen LogP contribution in [0.25, 0.3) is 0 Å². The van der Waals surface area contributed by atoms with E-state index in [4.69, 9.17) is 0 Å². The van der Waals surface area contributed by atoms with Crippen LogP contribution in [0.1, 0.15) is 12.0 Å². The Morgan fingerprint density at radius 2 is 2.00 bits per heavy atom. The van der Waals surface area contributed by atoms with Crippen molar-refractivity contribution in [3.05, 3.63) is 35.9 Å². The SMILES string of the molecule is OCC(Cc1ccccc1)N1CCCNCC1. The summed E-state index contributed by atoms with van der Waals surface area (Å²) in [5, 5.41) is 13.0. The van der Waals surface area contributed by atoms with Crippen molar-refractivity contribution in [2.24, 2.45) is 0 Å². The summed E-state index contributed by atoms with van der Waals surface area (Å²) in [5.41, 5.74) is 1.31. The van der Waals surface area contributed by atoms with Crippen molar-refractivity contribution in [2.45, 2.75) is 18.9 Å². The summed E-state index contributed by atoms with van der Waals surface area (Å²) in [6, 6.07) is 10.7. The molecule has 1 atom stereocenters. The van der Waals surface area contributed by atoms with Crippen LogP contribution >= 0.6 is 0 Å². The Labute approximate surface area is 103 Å². The molecule has 0 bridgehead atoms. The lowest BCUT2D eigenvalue weighted by atomic mass is 10.1. The molecule has 2 N–H and O–H groups in total. The molecule has 1 aromatic carbocycles. The van der Waals surface area contributed by atoms with Crippen molar-refractivity contribution in [1.82, 2.24) is 10.2 Å². The van der Waals surface area contributed by atoms with E-state index in [1.54, 1.807) is 0 Å². The van der Waals surface area contributed by atoms with Crippen molar-refractivity contribution >= 4 is 0 Å². The maximum atomic E-state index is 9.57. The molecule has 1 aliphatic rings. The first-order valence-corrected chi connectivity index (χ1v) is 6.49. The Morgan fingerprint density at radius 1 is 1.18 bits per heavy atom. The van der Waals surface area contributed by atoms with E-state index < -0.39 is 0 Å². The van der Waals surface area contributed by atoms with Crippen LogP contribution in [0.15, 0.2) is 30.3 Å². The third-order valence-corrected chi connectivity index (χ3v) is 3.42. The van der Waals surface area contributed by atoms with Gasteiger partial charge < -0.3 is 10.4 Å². The molecule has 1 aromatic rings. The van der Waals surface area contributed by atoms with E-state index in [-0.39, 0.29) is 12.6 Å². The van der Waals surface area contributed by atoms with Gasteiger partial charge >= 0.3 is 0 Å². The second-order valence-electron chi connectivity index (χ2n) is 4.67. The average molecular weight is 234 g/mol. The molecule has 3 nitrogen and oxygen atoms in total. The number of nitrogens with one attached hydrogen (secondary N) is 1. The molecule has 0 aliphatic carbocycles. The quantitative estimate of drug-likeness (QED) is 0.812. The van der Waals surface area contributed by atoms with Crippen LogP contribution in [-0.4, -0.2) is 48.8 Å². The predicted molar refractivity (Wildman–Crippen MR) is 70.1 cm³/mol. The van der Waals surface area contributed by atoms with E-state index in [9.17, 15) is 5.11 Å². The minimum absolute atomic E-state index is 0.245. The van der Waals surface area contributed by atoms with Crippen molar-refractivity contribution in [3.63, 3.8) is 0 Å². The molecule has 0 aromatic heterocycles. The first kappa shape index (κ1) is 12.6. The second kappa shape index (κ2) is 6.74. The molecule has 0 saturated carbocycles. The van der Waals surface area contributed by atoms with Crippen LogP contribution < -0.4 is 5.32 Å². The smallest absolute Gasteiger partial charge is 0.0590 e. The monoisotopic (exact) mass is 234 g/mol. The topological polar surface area (TPSA) is 35.5 Å². The van der Waals surface area contributed by atoms with Gasteiger partial charge in [0.1, 0.15) is 0 Å². The molecule has 94 valence electrons. The van der Waals surface area contributed by atoms with Gasteiger partial charge in [0, 0.05) is 19.1 Å². The fourth-order valence-electron chi connectivity index (χ4n) is 2.43. The normalized spacial score (nSPS) is 19.8. The first-order valence-electron chi connectivity index (χ1n) is 6.49. The largest absolute Gasteiger partial charge is 0.395 e. The Morgan fingerprint density at radius 3 is 2.76 bits per heavy atom. The van der Waals surface area contributed by atoms with Crippen molar-refractivity contribution in [3.8, 4) is 0 Å². The fourth-order valence-corrected chi connectivity index (χ4v) is 2.43. The summed E-state index contributed by atoms with van der Waals surface area (Å²) in [5.74, 6) is 0. The number of nitrogens with zero attached hydrogens (tertiary/aromatic N) is 1. The number of hydrogen-bond donors (Lipinski definition) is 2. The minimum atomic E-state index is 0.245. The standard InChI is InChI=1S/C14H22N2O/c17-12-14(11-13-5-2-1-3-6-13)16-9-4-7-15-8-10-16/h1-3,5-6,14-15,17H,4,7-12H2. The fraction of sp³-hybridized carbons (Fsp3) is 0.571. The van der Waals surface area contributed by atoms with Crippen LogP contribution in [0, 0.1) is 0 Å². The van der Waals surface area contributed by atoms with Crippen LogP contribution in [0.4, 0.5) is 0 Å². The summed E-state index contributed by atoms with van der Waals surface area (Å²) in [6.45, 7) is 4.50. The summed E-state index contributed by atoms with van der Waals surface area (Å²) in [4.78, 5) is 2.41. The Bertz CT molecular complexity index is 307. The first-order chi connectivity index (χ1) is 8.40. The lowest BCUT2D eigenvalue weighted by molar-refractivity contribution is 0.129.